The Balaban J connectivity index is 1.86. The van der Waals surface area contributed by atoms with E-state index in [4.69, 9.17) is 0 Å². The summed E-state index contributed by atoms with van der Waals surface area (Å²) >= 11 is 0. The van der Waals surface area contributed by atoms with Gasteiger partial charge >= 0.3 is 0 Å². The van der Waals surface area contributed by atoms with Crippen molar-refractivity contribution < 1.29 is 4.79 Å². The normalized spacial score (nSPS) is 25.1. The van der Waals surface area contributed by atoms with E-state index in [1.54, 1.807) is 0 Å². The predicted octanol–water partition coefficient (Wildman–Crippen LogP) is 2.79. The van der Waals surface area contributed by atoms with Gasteiger partial charge in [0, 0.05) is 6.42 Å². The summed E-state index contributed by atoms with van der Waals surface area (Å²) < 4.78 is 0. The molecule has 1 heteroatoms. The first-order valence-electron chi connectivity index (χ1n) is 5.35. The van der Waals surface area contributed by atoms with Crippen molar-refractivity contribution in [1.29, 1.82) is 0 Å². The Bertz CT molecular complexity index is 142. The van der Waals surface area contributed by atoms with Crippen LogP contribution in [0.15, 0.2) is 0 Å². The number of hydrogen-bond donors (Lipinski definition) is 0. The average Bonchev–Trinajstić information content (AvgIpc) is 1.79. The zero-order valence-electron chi connectivity index (χ0n) is 7.67. The van der Waals surface area contributed by atoms with Crippen LogP contribution in [0.2, 0.25) is 0 Å². The van der Waals surface area contributed by atoms with E-state index in [9.17, 15) is 4.79 Å². The lowest BCUT2D eigenvalue weighted by Gasteiger charge is -2.41. The maximum Gasteiger partial charge on any atom is 0.120 e. The van der Waals surface area contributed by atoms with E-state index < -0.39 is 0 Å². The third kappa shape index (κ3) is 1.41. The van der Waals surface area contributed by atoms with E-state index >= 15 is 0 Å². The molecule has 2 aliphatic carbocycles. The minimum Gasteiger partial charge on any atom is -0.303 e. The number of aldehydes is 1. The van der Waals surface area contributed by atoms with Crippen LogP contribution >= 0.6 is 0 Å². The summed E-state index contributed by atoms with van der Waals surface area (Å²) in [5.41, 5.74) is 0. The second-order valence-corrected chi connectivity index (χ2v) is 4.45. The molecule has 0 aromatic carbocycles. The molecular weight excluding hydrogens is 148 g/mol. The van der Waals surface area contributed by atoms with E-state index in [0.717, 1.165) is 30.5 Å². The van der Waals surface area contributed by atoms with Crippen LogP contribution in [0.3, 0.4) is 0 Å². The monoisotopic (exact) mass is 166 g/mol. The number of hydrogen-bond acceptors (Lipinski definition) is 1. The lowest BCUT2D eigenvalue weighted by atomic mass is 9.64. The summed E-state index contributed by atoms with van der Waals surface area (Å²) in [6.45, 7) is 0. The molecule has 2 saturated carbocycles. The molecule has 0 atom stereocenters. The highest BCUT2D eigenvalue weighted by Crippen LogP contribution is 2.45. The average molecular weight is 166 g/mol. The van der Waals surface area contributed by atoms with E-state index in [1.807, 2.05) is 0 Å². The van der Waals surface area contributed by atoms with Gasteiger partial charge in [-0.3, -0.25) is 0 Å². The van der Waals surface area contributed by atoms with Crippen LogP contribution in [0.5, 0.6) is 0 Å². The quantitative estimate of drug-likeness (QED) is 0.587. The largest absolute Gasteiger partial charge is 0.303 e. The fraction of sp³-hybridized carbons (Fsp3) is 0.909. The number of carbonyl (C=O) groups is 1. The molecule has 0 amide bonds. The van der Waals surface area contributed by atoms with Gasteiger partial charge in [-0.1, -0.05) is 38.5 Å². The van der Waals surface area contributed by atoms with Gasteiger partial charge in [-0.25, -0.2) is 0 Å². The Hall–Kier alpha value is -0.330. The highest BCUT2D eigenvalue weighted by Gasteiger charge is 2.35. The molecule has 0 unspecified atom stereocenters. The first-order valence-corrected chi connectivity index (χ1v) is 5.35. The first kappa shape index (κ1) is 8.28. The lowest BCUT2D eigenvalue weighted by molar-refractivity contribution is -0.110. The van der Waals surface area contributed by atoms with Crippen molar-refractivity contribution in [3.05, 3.63) is 0 Å². The molecule has 0 radical (unpaired) electrons. The molecule has 1 nitrogen and oxygen atoms in total. The van der Waals surface area contributed by atoms with E-state index in [2.05, 4.69) is 0 Å². The molecule has 2 rings (SSSR count). The molecule has 2 aliphatic rings. The van der Waals surface area contributed by atoms with Gasteiger partial charge in [0.05, 0.1) is 0 Å². The maximum absolute atomic E-state index is 10.5. The third-order valence-corrected chi connectivity index (χ3v) is 3.88. The highest BCUT2D eigenvalue weighted by molar-refractivity contribution is 5.50. The van der Waals surface area contributed by atoms with Crippen molar-refractivity contribution in [1.82, 2.24) is 0 Å². The zero-order chi connectivity index (χ0) is 8.39. The molecule has 0 N–H and O–H groups in total. The van der Waals surface area contributed by atoms with Crippen LogP contribution in [0.1, 0.15) is 44.9 Å². The molecule has 0 heterocycles. The SMILES string of the molecule is O=CCC(C1CCC1)C1CCC1. The van der Waals surface area contributed by atoms with Crippen LogP contribution in [0.25, 0.3) is 0 Å². The van der Waals surface area contributed by atoms with Crippen molar-refractivity contribution >= 4 is 6.29 Å². The van der Waals surface area contributed by atoms with Crippen LogP contribution < -0.4 is 0 Å². The first-order chi connectivity index (χ1) is 5.92. The van der Waals surface area contributed by atoms with E-state index in [0.29, 0.717) is 0 Å². The van der Waals surface area contributed by atoms with Gasteiger partial charge < -0.3 is 4.79 Å². The summed E-state index contributed by atoms with van der Waals surface area (Å²) in [7, 11) is 0. The van der Waals surface area contributed by atoms with Gasteiger partial charge in [-0.15, -0.1) is 0 Å². The molecular formula is C11H18O. The van der Waals surface area contributed by atoms with Crippen LogP contribution in [-0.4, -0.2) is 6.29 Å². The standard InChI is InChI=1S/C11H18O/c12-8-7-11(9-3-1-4-9)10-5-2-6-10/h8-11H,1-7H2. The van der Waals surface area contributed by atoms with Crippen LogP contribution in [0, 0.1) is 17.8 Å². The zero-order valence-corrected chi connectivity index (χ0v) is 7.67. The predicted molar refractivity (Wildman–Crippen MR) is 48.9 cm³/mol. The van der Waals surface area contributed by atoms with Crippen molar-refractivity contribution in [2.45, 2.75) is 44.9 Å². The Kier molecular flexibility index (Phi) is 2.48. The molecule has 2 fully saturated rings. The Labute approximate surface area is 74.5 Å². The Morgan fingerprint density at radius 2 is 1.58 bits per heavy atom. The third-order valence-electron chi connectivity index (χ3n) is 3.88. The van der Waals surface area contributed by atoms with Gasteiger partial charge in [0.15, 0.2) is 0 Å². The fourth-order valence-corrected chi connectivity index (χ4v) is 2.62. The van der Waals surface area contributed by atoms with Gasteiger partial charge in [0.1, 0.15) is 6.29 Å². The fourth-order valence-electron chi connectivity index (χ4n) is 2.62. The Morgan fingerprint density at radius 3 is 1.83 bits per heavy atom. The molecule has 12 heavy (non-hydrogen) atoms. The molecule has 0 bridgehead atoms. The van der Waals surface area contributed by atoms with Gasteiger partial charge in [-0.05, 0) is 17.8 Å². The molecule has 0 aromatic rings. The number of carbonyl (C=O) groups excluding carboxylic acids is 1. The summed E-state index contributed by atoms with van der Waals surface area (Å²) in [6, 6.07) is 0. The van der Waals surface area contributed by atoms with Gasteiger partial charge in [0.2, 0.25) is 0 Å². The molecule has 0 saturated heterocycles. The smallest absolute Gasteiger partial charge is 0.120 e. The summed E-state index contributed by atoms with van der Waals surface area (Å²) in [6.07, 6.45) is 10.4. The van der Waals surface area contributed by atoms with Crippen molar-refractivity contribution in [2.24, 2.45) is 17.8 Å². The van der Waals surface area contributed by atoms with E-state index in [1.165, 1.54) is 38.5 Å². The molecule has 0 spiro atoms. The number of rotatable bonds is 4. The Morgan fingerprint density at radius 1 is 1.08 bits per heavy atom. The highest BCUT2D eigenvalue weighted by atomic mass is 16.1. The van der Waals surface area contributed by atoms with Crippen molar-refractivity contribution in [3.8, 4) is 0 Å². The summed E-state index contributed by atoms with van der Waals surface area (Å²) in [5.74, 6) is 2.60. The lowest BCUT2D eigenvalue weighted by Crippen LogP contribution is -2.32. The minimum absolute atomic E-state index is 0.769. The van der Waals surface area contributed by atoms with Crippen molar-refractivity contribution in [2.75, 3.05) is 0 Å². The van der Waals surface area contributed by atoms with Gasteiger partial charge in [0.25, 0.3) is 0 Å². The van der Waals surface area contributed by atoms with Crippen LogP contribution in [-0.2, 0) is 4.79 Å². The maximum atomic E-state index is 10.5. The van der Waals surface area contributed by atoms with Crippen LogP contribution in [0.4, 0.5) is 0 Å². The minimum atomic E-state index is 0.769. The van der Waals surface area contributed by atoms with Crippen molar-refractivity contribution in [3.63, 3.8) is 0 Å². The van der Waals surface area contributed by atoms with E-state index in [-0.39, 0.29) is 0 Å². The van der Waals surface area contributed by atoms with Gasteiger partial charge in [-0.2, -0.15) is 0 Å². The second kappa shape index (κ2) is 3.59. The summed E-state index contributed by atoms with van der Waals surface area (Å²) in [4.78, 5) is 10.5. The molecule has 68 valence electrons. The second-order valence-electron chi connectivity index (χ2n) is 4.45. The topological polar surface area (TPSA) is 17.1 Å². The molecule has 0 aliphatic heterocycles. The molecule has 0 aromatic heterocycles. The summed E-state index contributed by atoms with van der Waals surface area (Å²) in [5, 5.41) is 0.